The molecular formula is C20H27N4O3S+. The highest BCUT2D eigenvalue weighted by Gasteiger charge is 2.33. The molecule has 1 fully saturated rings. The number of likely N-dealkylation sites (N-methyl/N-ethyl adjacent to an activating group) is 1. The first kappa shape index (κ1) is 20.4. The molecule has 28 heavy (non-hydrogen) atoms. The van der Waals surface area contributed by atoms with E-state index in [1.807, 2.05) is 19.1 Å². The minimum absolute atomic E-state index is 0.191. The summed E-state index contributed by atoms with van der Waals surface area (Å²) in [5.74, 6) is -0.800. The topological polar surface area (TPSA) is 75.0 Å². The van der Waals surface area contributed by atoms with Gasteiger partial charge in [-0.05, 0) is 38.5 Å². The summed E-state index contributed by atoms with van der Waals surface area (Å²) in [5, 5.41) is 0.622. The maximum atomic E-state index is 13.1. The number of fused-ring (bicyclic) bond motifs is 1. The lowest BCUT2D eigenvalue weighted by Gasteiger charge is -2.24. The van der Waals surface area contributed by atoms with Crippen LogP contribution in [0.15, 0.2) is 18.2 Å². The third-order valence-corrected chi connectivity index (χ3v) is 6.24. The summed E-state index contributed by atoms with van der Waals surface area (Å²) in [4.78, 5) is 45.7. The van der Waals surface area contributed by atoms with Crippen LogP contribution in [0.25, 0.3) is 10.2 Å². The van der Waals surface area contributed by atoms with Crippen LogP contribution < -0.4 is 9.80 Å². The lowest BCUT2D eigenvalue weighted by Crippen LogP contribution is -3.12. The van der Waals surface area contributed by atoms with Gasteiger partial charge < -0.3 is 4.90 Å². The summed E-state index contributed by atoms with van der Waals surface area (Å²) >= 11 is 1.47. The first-order valence-electron chi connectivity index (χ1n) is 9.77. The smallest absolute Gasteiger partial charge is 0.249 e. The Morgan fingerprint density at radius 1 is 1.21 bits per heavy atom. The molecule has 1 saturated heterocycles. The number of hydrogen-bond acceptors (Lipinski definition) is 5. The number of thiazole rings is 1. The molecule has 1 aromatic carbocycles. The molecule has 150 valence electrons. The molecule has 0 radical (unpaired) electrons. The molecule has 1 aliphatic rings. The maximum Gasteiger partial charge on any atom is 0.249 e. The molecule has 0 spiro atoms. The molecular weight excluding hydrogens is 376 g/mol. The van der Waals surface area contributed by atoms with Gasteiger partial charge in [-0.1, -0.05) is 17.4 Å². The number of benzene rings is 1. The van der Waals surface area contributed by atoms with E-state index >= 15 is 0 Å². The first-order valence-corrected chi connectivity index (χ1v) is 10.6. The van der Waals surface area contributed by atoms with Gasteiger partial charge in [-0.2, -0.15) is 0 Å². The Hall–Kier alpha value is -2.32. The highest BCUT2D eigenvalue weighted by Crippen LogP contribution is 2.29. The molecule has 0 aliphatic carbocycles. The lowest BCUT2D eigenvalue weighted by atomic mass is 10.2. The van der Waals surface area contributed by atoms with Gasteiger partial charge in [0.1, 0.15) is 6.54 Å². The first-order chi connectivity index (χ1) is 13.4. The summed E-state index contributed by atoms with van der Waals surface area (Å²) < 4.78 is 1.02. The zero-order valence-corrected chi connectivity index (χ0v) is 17.5. The number of quaternary nitrogens is 1. The zero-order chi connectivity index (χ0) is 20.3. The van der Waals surface area contributed by atoms with E-state index in [4.69, 9.17) is 0 Å². The van der Waals surface area contributed by atoms with Crippen molar-refractivity contribution in [3.05, 3.63) is 23.8 Å². The SMILES string of the molecule is CC[NH+](CC)CCN(C(=O)CN1C(=O)CCC1=O)c1nc2ccc(C)cc2s1. The van der Waals surface area contributed by atoms with E-state index in [0.29, 0.717) is 11.7 Å². The molecule has 0 unspecified atom stereocenters. The molecule has 8 heteroatoms. The standard InChI is InChI=1S/C20H26N4O3S/c1-4-22(5-2)10-11-23(19(27)13-24-17(25)8-9-18(24)26)20-21-15-7-6-14(3)12-16(15)28-20/h6-7,12H,4-5,8-11,13H2,1-3H3/p+1. The van der Waals surface area contributed by atoms with Crippen LogP contribution in [0, 0.1) is 6.92 Å². The van der Waals surface area contributed by atoms with Crippen LogP contribution >= 0.6 is 11.3 Å². The van der Waals surface area contributed by atoms with Crippen LogP contribution in [-0.2, 0) is 14.4 Å². The number of carbonyl (C=O) groups is 3. The Kier molecular flexibility index (Phi) is 6.41. The van der Waals surface area contributed by atoms with Gasteiger partial charge in [-0.15, -0.1) is 0 Å². The van der Waals surface area contributed by atoms with Crippen molar-refractivity contribution < 1.29 is 19.3 Å². The van der Waals surface area contributed by atoms with E-state index in [9.17, 15) is 14.4 Å². The predicted molar refractivity (Wildman–Crippen MR) is 110 cm³/mol. The molecule has 0 saturated carbocycles. The van der Waals surface area contributed by atoms with Gasteiger partial charge >= 0.3 is 0 Å². The van der Waals surface area contributed by atoms with Gasteiger partial charge in [0.25, 0.3) is 0 Å². The number of rotatable bonds is 8. The minimum Gasteiger partial charge on any atom is -0.334 e. The van der Waals surface area contributed by atoms with Crippen LogP contribution in [0.5, 0.6) is 0 Å². The number of anilines is 1. The Morgan fingerprint density at radius 2 is 1.89 bits per heavy atom. The van der Waals surface area contributed by atoms with Crippen LogP contribution in [-0.4, -0.2) is 60.3 Å². The monoisotopic (exact) mass is 403 g/mol. The summed E-state index contributed by atoms with van der Waals surface area (Å²) in [6, 6.07) is 6.01. The summed E-state index contributed by atoms with van der Waals surface area (Å²) in [6.07, 6.45) is 0.381. The quantitative estimate of drug-likeness (QED) is 0.668. The van der Waals surface area contributed by atoms with Crippen molar-refractivity contribution in [3.8, 4) is 0 Å². The van der Waals surface area contributed by atoms with Crippen molar-refractivity contribution in [1.29, 1.82) is 0 Å². The lowest BCUT2D eigenvalue weighted by molar-refractivity contribution is -0.894. The minimum atomic E-state index is -0.271. The number of nitrogens with one attached hydrogen (secondary N) is 1. The summed E-state index contributed by atoms with van der Waals surface area (Å²) in [6.45, 7) is 9.29. The number of hydrogen-bond donors (Lipinski definition) is 1. The number of likely N-dealkylation sites (tertiary alicyclic amines) is 1. The van der Waals surface area contributed by atoms with Crippen molar-refractivity contribution in [2.45, 2.75) is 33.6 Å². The van der Waals surface area contributed by atoms with Gasteiger partial charge in [-0.3, -0.25) is 24.2 Å². The van der Waals surface area contributed by atoms with Crippen LogP contribution in [0.4, 0.5) is 5.13 Å². The molecule has 1 aliphatic heterocycles. The number of amides is 3. The third-order valence-electron chi connectivity index (χ3n) is 5.20. The van der Waals surface area contributed by atoms with Crippen molar-refractivity contribution in [2.75, 3.05) is 37.6 Å². The summed E-state index contributed by atoms with van der Waals surface area (Å²) in [7, 11) is 0. The van der Waals surface area contributed by atoms with Gasteiger partial charge in [0.15, 0.2) is 5.13 Å². The Balaban J connectivity index is 1.85. The molecule has 1 aromatic heterocycles. The van der Waals surface area contributed by atoms with E-state index in [1.54, 1.807) is 4.90 Å². The number of aromatic nitrogens is 1. The van der Waals surface area contributed by atoms with Gasteiger partial charge in [0.2, 0.25) is 17.7 Å². The second-order valence-electron chi connectivity index (χ2n) is 7.09. The van der Waals surface area contributed by atoms with Gasteiger partial charge in [0.05, 0.1) is 36.4 Å². The normalized spacial score (nSPS) is 14.5. The van der Waals surface area contributed by atoms with Crippen LogP contribution in [0.3, 0.4) is 0 Å². The average molecular weight is 404 g/mol. The molecule has 3 rings (SSSR count). The number of aryl methyl sites for hydroxylation is 1. The maximum absolute atomic E-state index is 13.1. The fourth-order valence-electron chi connectivity index (χ4n) is 3.36. The predicted octanol–water partition coefficient (Wildman–Crippen LogP) is 1.01. The molecule has 3 amide bonds. The highest BCUT2D eigenvalue weighted by atomic mass is 32.1. The van der Waals surface area contributed by atoms with Gasteiger partial charge in [-0.25, -0.2) is 4.98 Å². The molecule has 2 aromatic rings. The van der Waals surface area contributed by atoms with Crippen molar-refractivity contribution in [3.63, 3.8) is 0 Å². The third kappa shape index (κ3) is 4.39. The molecule has 1 N–H and O–H groups in total. The second kappa shape index (κ2) is 8.79. The Labute approximate surface area is 168 Å². The van der Waals surface area contributed by atoms with Crippen LogP contribution in [0.1, 0.15) is 32.3 Å². The molecule has 2 heterocycles. The van der Waals surface area contributed by atoms with E-state index in [1.165, 1.54) is 16.2 Å². The van der Waals surface area contributed by atoms with E-state index in [0.717, 1.165) is 40.3 Å². The summed E-state index contributed by atoms with van der Waals surface area (Å²) in [5.41, 5.74) is 1.99. The fourth-order valence-corrected chi connectivity index (χ4v) is 4.46. The Morgan fingerprint density at radius 3 is 2.54 bits per heavy atom. The van der Waals surface area contributed by atoms with E-state index in [-0.39, 0.29) is 37.1 Å². The molecule has 7 nitrogen and oxygen atoms in total. The van der Waals surface area contributed by atoms with Crippen LogP contribution in [0.2, 0.25) is 0 Å². The van der Waals surface area contributed by atoms with Crippen molar-refractivity contribution in [2.24, 2.45) is 0 Å². The van der Waals surface area contributed by atoms with Crippen molar-refractivity contribution in [1.82, 2.24) is 9.88 Å². The molecule has 0 bridgehead atoms. The largest absolute Gasteiger partial charge is 0.334 e. The number of carbonyl (C=O) groups excluding carboxylic acids is 3. The average Bonchev–Trinajstić information content (AvgIpc) is 3.22. The number of nitrogens with zero attached hydrogens (tertiary/aromatic N) is 3. The van der Waals surface area contributed by atoms with E-state index in [2.05, 4.69) is 24.9 Å². The van der Waals surface area contributed by atoms with E-state index < -0.39 is 0 Å². The second-order valence-corrected chi connectivity index (χ2v) is 8.10. The van der Waals surface area contributed by atoms with Crippen molar-refractivity contribution >= 4 is 44.4 Å². The number of imide groups is 1. The van der Waals surface area contributed by atoms with Gasteiger partial charge in [0, 0.05) is 12.8 Å². The molecule has 0 atom stereocenters. The Bertz CT molecular complexity index is 875. The fraction of sp³-hybridized carbons (Fsp3) is 0.500. The highest BCUT2D eigenvalue weighted by molar-refractivity contribution is 7.22. The zero-order valence-electron chi connectivity index (χ0n) is 16.7.